The van der Waals surface area contributed by atoms with Gasteiger partial charge in [0.2, 0.25) is 5.78 Å². The Bertz CT molecular complexity index is 1210. The van der Waals surface area contributed by atoms with E-state index in [1.165, 1.54) is 0 Å². The summed E-state index contributed by atoms with van der Waals surface area (Å²) in [6.45, 7) is 9.13. The number of para-hydroxylation sites is 1. The van der Waals surface area contributed by atoms with Crippen molar-refractivity contribution in [2.75, 3.05) is 0 Å². The number of fused-ring (bicyclic) bond motifs is 3. The molecule has 0 fully saturated rings. The predicted molar refractivity (Wildman–Crippen MR) is 112 cm³/mol. The molecule has 0 spiro atoms. The summed E-state index contributed by atoms with van der Waals surface area (Å²) in [5, 5.41) is 15.9. The quantitative estimate of drug-likeness (QED) is 0.573. The lowest BCUT2D eigenvalue weighted by Crippen LogP contribution is -2.23. The van der Waals surface area contributed by atoms with E-state index in [4.69, 9.17) is 4.98 Å². The largest absolute Gasteiger partial charge is 0.301 e. The van der Waals surface area contributed by atoms with Gasteiger partial charge in [0.25, 0.3) is 5.56 Å². The van der Waals surface area contributed by atoms with Crippen molar-refractivity contribution in [3.63, 3.8) is 0 Å². The molecule has 0 saturated carbocycles. The van der Waals surface area contributed by atoms with Gasteiger partial charge in [0.05, 0.1) is 29.2 Å². The highest BCUT2D eigenvalue weighted by atomic mass is 32.1. The summed E-state index contributed by atoms with van der Waals surface area (Å²) in [7, 11) is 1.72. The van der Waals surface area contributed by atoms with Crippen LogP contribution in [0.4, 0.5) is 0 Å². The summed E-state index contributed by atoms with van der Waals surface area (Å²) >= 11 is 1.67. The Kier molecular flexibility index (Phi) is 4.55. The first-order valence-electron chi connectivity index (χ1n) is 9.28. The van der Waals surface area contributed by atoms with Gasteiger partial charge in [-0.2, -0.15) is 0 Å². The molecule has 4 aromatic rings. The number of aryl methyl sites for hydroxylation is 1. The molecule has 4 rings (SSSR count). The molecule has 1 N–H and O–H groups in total. The van der Waals surface area contributed by atoms with Crippen LogP contribution in [0.1, 0.15) is 50.3 Å². The Morgan fingerprint density at radius 2 is 1.96 bits per heavy atom. The molecule has 0 aliphatic rings. The molecular weight excluding hydrogens is 372 g/mol. The zero-order valence-corrected chi connectivity index (χ0v) is 17.5. The molecule has 146 valence electrons. The highest BCUT2D eigenvalue weighted by molar-refractivity contribution is 7.09. The number of aromatic nitrogens is 5. The Balaban J connectivity index is 1.66. The van der Waals surface area contributed by atoms with Crippen LogP contribution in [0, 0.1) is 0 Å². The van der Waals surface area contributed by atoms with Crippen molar-refractivity contribution in [3.8, 4) is 0 Å². The van der Waals surface area contributed by atoms with Crippen LogP contribution in [0.25, 0.3) is 16.7 Å². The van der Waals surface area contributed by atoms with E-state index in [0.29, 0.717) is 17.7 Å². The average molecular weight is 397 g/mol. The van der Waals surface area contributed by atoms with Crippen molar-refractivity contribution in [3.05, 3.63) is 56.5 Å². The average Bonchev–Trinajstić information content (AvgIpc) is 3.31. The maximum atomic E-state index is 12.5. The lowest BCUT2D eigenvalue weighted by Gasteiger charge is -2.15. The topological polar surface area (TPSA) is 77.1 Å². The van der Waals surface area contributed by atoms with E-state index in [9.17, 15) is 4.79 Å². The first kappa shape index (κ1) is 18.8. The van der Waals surface area contributed by atoms with E-state index in [1.807, 2.05) is 28.7 Å². The second-order valence-electron chi connectivity index (χ2n) is 8.06. The highest BCUT2D eigenvalue weighted by Crippen LogP contribution is 2.27. The van der Waals surface area contributed by atoms with Crippen molar-refractivity contribution in [1.82, 2.24) is 29.5 Å². The fourth-order valence-electron chi connectivity index (χ4n) is 3.17. The molecule has 0 radical (unpaired) electrons. The Hall–Kier alpha value is -2.58. The summed E-state index contributed by atoms with van der Waals surface area (Å²) in [4.78, 5) is 17.3. The monoisotopic (exact) mass is 396 g/mol. The summed E-state index contributed by atoms with van der Waals surface area (Å²) in [5.41, 5.74) is 1.90. The van der Waals surface area contributed by atoms with Gasteiger partial charge in [-0.05, 0) is 19.1 Å². The molecular formula is C20H24N6OS. The van der Waals surface area contributed by atoms with Crippen molar-refractivity contribution in [1.29, 1.82) is 0 Å². The third-order valence-corrected chi connectivity index (χ3v) is 5.95. The molecule has 3 heterocycles. The molecule has 0 aliphatic heterocycles. The lowest BCUT2D eigenvalue weighted by atomic mass is 9.93. The number of rotatable bonds is 4. The lowest BCUT2D eigenvalue weighted by molar-refractivity contribution is 0.538. The number of benzene rings is 1. The maximum absolute atomic E-state index is 12.5. The summed E-state index contributed by atoms with van der Waals surface area (Å²) in [6, 6.07) is 7.64. The van der Waals surface area contributed by atoms with Crippen LogP contribution in [0.5, 0.6) is 0 Å². The molecule has 1 aromatic carbocycles. The summed E-state index contributed by atoms with van der Waals surface area (Å²) in [5.74, 6) is 1.30. The summed E-state index contributed by atoms with van der Waals surface area (Å²) in [6.07, 6.45) is 0. The van der Waals surface area contributed by atoms with Crippen LogP contribution >= 0.6 is 11.3 Å². The highest BCUT2D eigenvalue weighted by Gasteiger charge is 2.20. The molecule has 7 nitrogen and oxygen atoms in total. The van der Waals surface area contributed by atoms with Crippen LogP contribution in [-0.4, -0.2) is 24.1 Å². The van der Waals surface area contributed by atoms with E-state index < -0.39 is 0 Å². The predicted octanol–water partition coefficient (Wildman–Crippen LogP) is 3.19. The van der Waals surface area contributed by atoms with Crippen molar-refractivity contribution >= 4 is 28.0 Å². The molecule has 0 saturated heterocycles. The van der Waals surface area contributed by atoms with Crippen LogP contribution < -0.4 is 10.9 Å². The Morgan fingerprint density at radius 3 is 2.68 bits per heavy atom. The minimum Gasteiger partial charge on any atom is -0.301 e. The van der Waals surface area contributed by atoms with Crippen molar-refractivity contribution < 1.29 is 0 Å². The Labute approximate surface area is 167 Å². The van der Waals surface area contributed by atoms with E-state index >= 15 is 0 Å². The maximum Gasteiger partial charge on any atom is 0.262 e. The van der Waals surface area contributed by atoms with E-state index in [2.05, 4.69) is 48.6 Å². The second-order valence-corrected chi connectivity index (χ2v) is 8.95. The van der Waals surface area contributed by atoms with E-state index in [1.54, 1.807) is 23.0 Å². The van der Waals surface area contributed by atoms with Gasteiger partial charge in [0, 0.05) is 17.8 Å². The molecule has 8 heteroatoms. The van der Waals surface area contributed by atoms with Crippen molar-refractivity contribution in [2.45, 2.75) is 45.7 Å². The third-order valence-electron chi connectivity index (χ3n) is 4.92. The zero-order valence-electron chi connectivity index (χ0n) is 16.7. The minimum atomic E-state index is -0.0686. The molecule has 28 heavy (non-hydrogen) atoms. The normalized spacial score (nSPS) is 13.5. The van der Waals surface area contributed by atoms with Gasteiger partial charge in [0.1, 0.15) is 5.01 Å². The van der Waals surface area contributed by atoms with Gasteiger partial charge in [-0.15, -0.1) is 21.5 Å². The number of nitrogens with one attached hydrogen (secondary N) is 1. The molecule has 0 bridgehead atoms. The first-order valence-corrected chi connectivity index (χ1v) is 10.2. The fourth-order valence-corrected chi connectivity index (χ4v) is 4.25. The SMILES string of the molecule is CC(NCc1nnc2n(C)c(=O)c3ccccc3n12)c1nc(C(C)(C)C)cs1. The Morgan fingerprint density at radius 1 is 1.21 bits per heavy atom. The van der Waals surface area contributed by atoms with Gasteiger partial charge in [-0.3, -0.25) is 13.8 Å². The van der Waals surface area contributed by atoms with Gasteiger partial charge in [-0.1, -0.05) is 32.9 Å². The third kappa shape index (κ3) is 3.12. The first-order chi connectivity index (χ1) is 13.3. The summed E-state index contributed by atoms with van der Waals surface area (Å²) < 4.78 is 3.48. The van der Waals surface area contributed by atoms with E-state index in [0.717, 1.165) is 22.0 Å². The standard InChI is InChI=1S/C20H24N6OS/c1-12(17-22-15(11-28-17)20(2,3)4)21-10-16-23-24-19-25(5)18(27)13-8-6-7-9-14(13)26(16)19/h6-9,11-12,21H,10H2,1-5H3. The number of hydrogen-bond acceptors (Lipinski definition) is 6. The van der Waals surface area contributed by atoms with Gasteiger partial charge < -0.3 is 5.32 Å². The fraction of sp³-hybridized carbons (Fsp3) is 0.400. The minimum absolute atomic E-state index is 0.0430. The zero-order chi connectivity index (χ0) is 20.1. The number of hydrogen-bond donors (Lipinski definition) is 1. The smallest absolute Gasteiger partial charge is 0.262 e. The van der Waals surface area contributed by atoms with Crippen LogP contribution in [-0.2, 0) is 19.0 Å². The van der Waals surface area contributed by atoms with Crippen LogP contribution in [0.2, 0.25) is 0 Å². The molecule has 1 unspecified atom stereocenters. The van der Waals surface area contributed by atoms with Gasteiger partial charge >= 0.3 is 0 Å². The van der Waals surface area contributed by atoms with Crippen LogP contribution in [0.15, 0.2) is 34.4 Å². The van der Waals surface area contributed by atoms with Crippen LogP contribution in [0.3, 0.4) is 0 Å². The number of thiazole rings is 1. The van der Waals surface area contributed by atoms with Gasteiger partial charge in [0.15, 0.2) is 5.82 Å². The van der Waals surface area contributed by atoms with Gasteiger partial charge in [-0.25, -0.2) is 4.98 Å². The van der Waals surface area contributed by atoms with E-state index in [-0.39, 0.29) is 17.0 Å². The van der Waals surface area contributed by atoms with Crippen molar-refractivity contribution in [2.24, 2.45) is 7.05 Å². The molecule has 0 aliphatic carbocycles. The molecule has 0 amide bonds. The number of nitrogens with zero attached hydrogens (tertiary/aromatic N) is 5. The molecule has 3 aromatic heterocycles. The molecule has 1 atom stereocenters. The second kappa shape index (κ2) is 6.79.